The van der Waals surface area contributed by atoms with Crippen molar-refractivity contribution in [2.24, 2.45) is 0 Å². The van der Waals surface area contributed by atoms with Gasteiger partial charge in [0, 0.05) is 39.1 Å². The Labute approximate surface area is 94.1 Å². The van der Waals surface area contributed by atoms with Crippen molar-refractivity contribution in [2.75, 3.05) is 31.6 Å². The van der Waals surface area contributed by atoms with E-state index in [0.717, 1.165) is 13.1 Å². The summed E-state index contributed by atoms with van der Waals surface area (Å²) in [6.45, 7) is 2.20. The number of aromatic nitrogens is 2. The molecule has 0 spiro atoms. The van der Waals surface area contributed by atoms with Gasteiger partial charge in [-0.05, 0) is 6.07 Å². The van der Waals surface area contributed by atoms with Crippen LogP contribution in [0.4, 0.5) is 5.95 Å². The van der Waals surface area contributed by atoms with E-state index >= 15 is 0 Å². The molecule has 1 amide bonds. The average molecular weight is 221 g/mol. The number of carbonyl (C=O) groups is 1. The number of hydrogen-bond donors (Lipinski definition) is 2. The van der Waals surface area contributed by atoms with Crippen molar-refractivity contribution in [3.05, 3.63) is 18.5 Å². The molecule has 6 heteroatoms. The van der Waals surface area contributed by atoms with Crippen LogP contribution >= 0.6 is 0 Å². The molecule has 1 aliphatic heterocycles. The van der Waals surface area contributed by atoms with E-state index in [0.29, 0.717) is 12.5 Å². The third-order valence-corrected chi connectivity index (χ3v) is 2.60. The number of anilines is 1. The van der Waals surface area contributed by atoms with E-state index in [2.05, 4.69) is 20.6 Å². The van der Waals surface area contributed by atoms with Gasteiger partial charge < -0.3 is 15.5 Å². The minimum absolute atomic E-state index is 0.0142. The quantitative estimate of drug-likeness (QED) is 0.670. The molecule has 0 aromatic carbocycles. The maximum absolute atomic E-state index is 11.7. The number of nitrogens with zero attached hydrogens (tertiary/aromatic N) is 3. The summed E-state index contributed by atoms with van der Waals surface area (Å²) < 4.78 is 0. The highest BCUT2D eigenvalue weighted by atomic mass is 16.2. The lowest BCUT2D eigenvalue weighted by atomic mass is 10.2. The van der Waals surface area contributed by atoms with E-state index in [1.807, 2.05) is 4.90 Å². The monoisotopic (exact) mass is 221 g/mol. The van der Waals surface area contributed by atoms with E-state index in [1.165, 1.54) is 0 Å². The van der Waals surface area contributed by atoms with Crippen molar-refractivity contribution >= 4 is 11.9 Å². The van der Waals surface area contributed by atoms with Gasteiger partial charge >= 0.3 is 0 Å². The fraction of sp³-hybridized carbons (Fsp3) is 0.500. The first-order valence-corrected chi connectivity index (χ1v) is 5.29. The average Bonchev–Trinajstić information content (AvgIpc) is 2.39. The molecular formula is C10H15N5O. The molecule has 2 heterocycles. The Bertz CT molecular complexity index is 355. The highest BCUT2D eigenvalue weighted by Gasteiger charge is 2.29. The zero-order valence-electron chi connectivity index (χ0n) is 9.18. The second kappa shape index (κ2) is 4.89. The van der Waals surface area contributed by atoms with Gasteiger partial charge in [-0.2, -0.15) is 0 Å². The molecule has 1 aromatic rings. The number of piperazine rings is 1. The normalized spacial score (nSPS) is 20.6. The molecule has 1 unspecified atom stereocenters. The summed E-state index contributed by atoms with van der Waals surface area (Å²) in [6.07, 6.45) is 3.37. The Balaban J connectivity index is 2.20. The molecule has 2 N–H and O–H groups in total. The Morgan fingerprint density at radius 1 is 1.56 bits per heavy atom. The molecule has 0 radical (unpaired) electrons. The van der Waals surface area contributed by atoms with Crippen LogP contribution in [0, 0.1) is 0 Å². The standard InChI is InChI=1S/C10H15N5O/c1-11-9(16)8-7-12-5-6-15(8)10-13-3-2-4-14-10/h2-4,8,12H,5-7H2,1H3,(H,11,16). The van der Waals surface area contributed by atoms with Crippen molar-refractivity contribution in [1.29, 1.82) is 0 Å². The predicted molar refractivity (Wildman–Crippen MR) is 60.1 cm³/mol. The number of hydrogen-bond acceptors (Lipinski definition) is 5. The lowest BCUT2D eigenvalue weighted by molar-refractivity contribution is -0.122. The molecule has 6 nitrogen and oxygen atoms in total. The van der Waals surface area contributed by atoms with Crippen LogP contribution in [0.2, 0.25) is 0 Å². The van der Waals surface area contributed by atoms with Gasteiger partial charge in [0.1, 0.15) is 6.04 Å². The fourth-order valence-electron chi connectivity index (χ4n) is 1.78. The van der Waals surface area contributed by atoms with Crippen LogP contribution in [0.1, 0.15) is 0 Å². The first-order valence-electron chi connectivity index (χ1n) is 5.29. The number of rotatable bonds is 2. The van der Waals surface area contributed by atoms with E-state index < -0.39 is 0 Å². The maximum atomic E-state index is 11.7. The summed E-state index contributed by atoms with van der Waals surface area (Å²) in [7, 11) is 1.64. The summed E-state index contributed by atoms with van der Waals surface area (Å²) in [5.41, 5.74) is 0. The molecule has 1 fully saturated rings. The Hall–Kier alpha value is -1.69. The van der Waals surface area contributed by atoms with Gasteiger partial charge in [-0.25, -0.2) is 9.97 Å². The molecule has 1 atom stereocenters. The predicted octanol–water partition coefficient (Wildman–Crippen LogP) is -0.999. The Morgan fingerprint density at radius 2 is 2.31 bits per heavy atom. The van der Waals surface area contributed by atoms with Crippen LogP contribution in [0.25, 0.3) is 0 Å². The SMILES string of the molecule is CNC(=O)C1CNCCN1c1ncccn1. The van der Waals surface area contributed by atoms with Gasteiger partial charge in [-0.1, -0.05) is 0 Å². The van der Waals surface area contributed by atoms with Gasteiger partial charge in [0.05, 0.1) is 0 Å². The first-order chi connectivity index (χ1) is 7.83. The third kappa shape index (κ3) is 2.11. The largest absolute Gasteiger partial charge is 0.357 e. The van der Waals surface area contributed by atoms with Crippen molar-refractivity contribution in [2.45, 2.75) is 6.04 Å². The zero-order chi connectivity index (χ0) is 11.4. The second-order valence-corrected chi connectivity index (χ2v) is 3.58. The van der Waals surface area contributed by atoms with E-state index in [9.17, 15) is 4.79 Å². The molecule has 1 saturated heterocycles. The molecule has 86 valence electrons. The van der Waals surface area contributed by atoms with Crippen LogP contribution in [-0.4, -0.2) is 48.6 Å². The Kier molecular flexibility index (Phi) is 3.31. The van der Waals surface area contributed by atoms with E-state index in [-0.39, 0.29) is 11.9 Å². The van der Waals surface area contributed by atoms with Gasteiger partial charge in [-0.3, -0.25) is 4.79 Å². The van der Waals surface area contributed by atoms with Crippen LogP contribution in [0.15, 0.2) is 18.5 Å². The summed E-state index contributed by atoms with van der Waals surface area (Å²) in [5, 5.41) is 5.85. The molecule has 0 bridgehead atoms. The van der Waals surface area contributed by atoms with E-state index in [4.69, 9.17) is 0 Å². The van der Waals surface area contributed by atoms with E-state index in [1.54, 1.807) is 25.5 Å². The highest BCUT2D eigenvalue weighted by Crippen LogP contribution is 2.11. The summed E-state index contributed by atoms with van der Waals surface area (Å²) >= 11 is 0. The number of nitrogens with one attached hydrogen (secondary N) is 2. The van der Waals surface area contributed by atoms with Crippen LogP contribution in [0.3, 0.4) is 0 Å². The molecule has 2 rings (SSSR count). The zero-order valence-corrected chi connectivity index (χ0v) is 9.18. The van der Waals surface area contributed by atoms with Gasteiger partial charge in [0.25, 0.3) is 0 Å². The Morgan fingerprint density at radius 3 is 3.00 bits per heavy atom. The topological polar surface area (TPSA) is 70.2 Å². The van der Waals surface area contributed by atoms with Gasteiger partial charge in [0.15, 0.2) is 0 Å². The van der Waals surface area contributed by atoms with Gasteiger partial charge in [0.2, 0.25) is 11.9 Å². The molecular weight excluding hydrogens is 206 g/mol. The summed E-state index contributed by atoms with van der Waals surface area (Å²) in [5.74, 6) is 0.595. The fourth-order valence-corrected chi connectivity index (χ4v) is 1.78. The molecule has 1 aliphatic rings. The molecule has 1 aromatic heterocycles. The van der Waals surface area contributed by atoms with Crippen molar-refractivity contribution in [1.82, 2.24) is 20.6 Å². The lowest BCUT2D eigenvalue weighted by Crippen LogP contribution is -2.58. The third-order valence-electron chi connectivity index (χ3n) is 2.60. The summed E-state index contributed by atoms with van der Waals surface area (Å²) in [4.78, 5) is 22.0. The lowest BCUT2D eigenvalue weighted by Gasteiger charge is -2.34. The van der Waals surface area contributed by atoms with Crippen molar-refractivity contribution in [3.63, 3.8) is 0 Å². The number of carbonyl (C=O) groups excluding carboxylic acids is 1. The minimum atomic E-state index is -0.235. The smallest absolute Gasteiger partial charge is 0.243 e. The van der Waals surface area contributed by atoms with Crippen molar-refractivity contribution < 1.29 is 4.79 Å². The number of likely N-dealkylation sites (N-methyl/N-ethyl adjacent to an activating group) is 1. The number of amides is 1. The second-order valence-electron chi connectivity index (χ2n) is 3.58. The van der Waals surface area contributed by atoms with Crippen molar-refractivity contribution in [3.8, 4) is 0 Å². The van der Waals surface area contributed by atoms with Gasteiger partial charge in [-0.15, -0.1) is 0 Å². The first kappa shape index (κ1) is 10.8. The molecule has 0 saturated carbocycles. The van der Waals surface area contributed by atoms with Crippen LogP contribution in [0.5, 0.6) is 0 Å². The minimum Gasteiger partial charge on any atom is -0.357 e. The van der Waals surface area contributed by atoms with Crippen LogP contribution < -0.4 is 15.5 Å². The maximum Gasteiger partial charge on any atom is 0.243 e. The van der Waals surface area contributed by atoms with Crippen LogP contribution in [-0.2, 0) is 4.79 Å². The summed E-state index contributed by atoms with van der Waals surface area (Å²) in [6, 6.07) is 1.53. The molecule has 16 heavy (non-hydrogen) atoms. The molecule has 0 aliphatic carbocycles. The highest BCUT2D eigenvalue weighted by molar-refractivity contribution is 5.85.